The van der Waals surface area contributed by atoms with E-state index in [9.17, 15) is 14.4 Å². The van der Waals surface area contributed by atoms with E-state index in [0.29, 0.717) is 24.3 Å². The van der Waals surface area contributed by atoms with E-state index in [0.717, 1.165) is 5.56 Å². The van der Waals surface area contributed by atoms with Gasteiger partial charge in [-0.15, -0.1) is 0 Å². The van der Waals surface area contributed by atoms with Gasteiger partial charge in [0.15, 0.2) is 0 Å². The summed E-state index contributed by atoms with van der Waals surface area (Å²) in [6.45, 7) is 0.394. The number of nitrogens with two attached hydrogens (primary N) is 1. The zero-order valence-electron chi connectivity index (χ0n) is 12.2. The predicted octanol–water partition coefficient (Wildman–Crippen LogP) is 1.36. The van der Waals surface area contributed by atoms with Gasteiger partial charge in [0.1, 0.15) is 12.6 Å². The maximum atomic E-state index is 11.9. The summed E-state index contributed by atoms with van der Waals surface area (Å²) in [5.41, 5.74) is 6.10. The smallest absolute Gasteiger partial charge is 0.417 e. The minimum absolute atomic E-state index is 0.0286. The third kappa shape index (κ3) is 5.53. The largest absolute Gasteiger partial charge is 0.480 e. The van der Waals surface area contributed by atoms with Crippen LogP contribution in [-0.2, 0) is 20.9 Å². The minimum atomic E-state index is -1.25. The second-order valence-electron chi connectivity index (χ2n) is 4.69. The Labute approximate surface area is 128 Å². The Bertz CT molecular complexity index is 492. The summed E-state index contributed by atoms with van der Waals surface area (Å²) in [6.07, 6.45) is 0.485. The molecule has 1 rings (SSSR count). The van der Waals surface area contributed by atoms with Crippen molar-refractivity contribution < 1.29 is 24.2 Å². The summed E-state index contributed by atoms with van der Waals surface area (Å²) in [4.78, 5) is 34.8. The summed E-state index contributed by atoms with van der Waals surface area (Å²) in [5, 5.41) is 9.17. The number of unbranched alkanes of at least 4 members (excludes halogenated alkanes) is 1. The average molecular weight is 308 g/mol. The molecule has 0 heterocycles. The lowest BCUT2D eigenvalue weighted by molar-refractivity contribution is -0.145. The fourth-order valence-electron chi connectivity index (χ4n) is 1.90. The van der Waals surface area contributed by atoms with Crippen molar-refractivity contribution in [3.63, 3.8) is 0 Å². The molecule has 0 aliphatic heterocycles. The molecule has 7 nitrogen and oxygen atoms in total. The molecule has 0 spiro atoms. The van der Waals surface area contributed by atoms with Gasteiger partial charge < -0.3 is 15.6 Å². The molecule has 1 aromatic carbocycles. The molecule has 0 unspecified atom stereocenters. The van der Waals surface area contributed by atoms with Crippen LogP contribution in [-0.4, -0.2) is 41.1 Å². The number of ether oxygens (including phenoxy) is 1. The number of hydrogen-bond acceptors (Lipinski definition) is 5. The van der Waals surface area contributed by atoms with Gasteiger partial charge in [-0.1, -0.05) is 30.3 Å². The minimum Gasteiger partial charge on any atom is -0.480 e. The van der Waals surface area contributed by atoms with E-state index >= 15 is 0 Å². The molecular weight excluding hydrogens is 288 g/mol. The van der Waals surface area contributed by atoms with Gasteiger partial charge in [-0.25, -0.2) is 14.5 Å². The third-order valence-corrected chi connectivity index (χ3v) is 3.08. The molecule has 120 valence electrons. The maximum Gasteiger partial charge on any atom is 0.417 e. The number of imide groups is 1. The van der Waals surface area contributed by atoms with Crippen LogP contribution in [0.5, 0.6) is 0 Å². The van der Waals surface area contributed by atoms with Crippen molar-refractivity contribution in [3.05, 3.63) is 35.9 Å². The number of aliphatic carboxylic acids is 1. The topological polar surface area (TPSA) is 110 Å². The Balaban J connectivity index is 2.63. The van der Waals surface area contributed by atoms with Crippen molar-refractivity contribution in [1.82, 2.24) is 4.90 Å². The van der Waals surface area contributed by atoms with Crippen LogP contribution in [0.4, 0.5) is 4.79 Å². The van der Waals surface area contributed by atoms with E-state index in [4.69, 9.17) is 15.6 Å². The van der Waals surface area contributed by atoms with Gasteiger partial charge in [-0.05, 0) is 31.4 Å². The number of carboxylic acids is 1. The molecule has 0 saturated carbocycles. The highest BCUT2D eigenvalue weighted by molar-refractivity contribution is 5.88. The van der Waals surface area contributed by atoms with Gasteiger partial charge in [0, 0.05) is 0 Å². The molecule has 0 fully saturated rings. The molecule has 0 saturated heterocycles. The highest BCUT2D eigenvalue weighted by atomic mass is 16.6. The SMILES string of the molecule is NCCCC[C@@H](C(=O)O)N(C=O)C(=O)OCc1ccccc1. The number of carbonyl (C=O) groups excluding carboxylic acids is 2. The Hall–Kier alpha value is -2.41. The fourth-order valence-corrected chi connectivity index (χ4v) is 1.90. The van der Waals surface area contributed by atoms with Crippen LogP contribution in [0.1, 0.15) is 24.8 Å². The zero-order chi connectivity index (χ0) is 16.4. The quantitative estimate of drug-likeness (QED) is 0.526. The first-order valence-corrected chi connectivity index (χ1v) is 6.97. The van der Waals surface area contributed by atoms with Crippen LogP contribution in [0.2, 0.25) is 0 Å². The van der Waals surface area contributed by atoms with Crippen LogP contribution >= 0.6 is 0 Å². The molecule has 3 N–H and O–H groups in total. The fraction of sp³-hybridized carbons (Fsp3) is 0.400. The Morgan fingerprint density at radius 2 is 1.95 bits per heavy atom. The van der Waals surface area contributed by atoms with Crippen LogP contribution in [0.15, 0.2) is 30.3 Å². The normalized spacial score (nSPS) is 11.5. The molecule has 0 radical (unpaired) electrons. The highest BCUT2D eigenvalue weighted by Gasteiger charge is 2.30. The Morgan fingerprint density at radius 3 is 2.50 bits per heavy atom. The summed E-state index contributed by atoms with van der Waals surface area (Å²) < 4.78 is 4.99. The lowest BCUT2D eigenvalue weighted by Crippen LogP contribution is -2.44. The van der Waals surface area contributed by atoms with Gasteiger partial charge in [0.2, 0.25) is 6.41 Å². The first-order chi connectivity index (χ1) is 10.6. The van der Waals surface area contributed by atoms with Gasteiger partial charge in [-0.2, -0.15) is 0 Å². The highest BCUT2D eigenvalue weighted by Crippen LogP contribution is 2.11. The summed E-state index contributed by atoms with van der Waals surface area (Å²) >= 11 is 0. The second kappa shape index (κ2) is 9.51. The summed E-state index contributed by atoms with van der Waals surface area (Å²) in [7, 11) is 0. The van der Waals surface area contributed by atoms with Gasteiger partial charge in [-0.3, -0.25) is 4.79 Å². The number of carboxylic acid groups (broad SMARTS) is 1. The molecule has 2 amide bonds. The van der Waals surface area contributed by atoms with Crippen molar-refractivity contribution in [3.8, 4) is 0 Å². The molecule has 1 atom stereocenters. The van der Waals surface area contributed by atoms with Crippen molar-refractivity contribution in [2.24, 2.45) is 5.73 Å². The number of amides is 2. The van der Waals surface area contributed by atoms with Gasteiger partial charge in [0.05, 0.1) is 0 Å². The van der Waals surface area contributed by atoms with Crippen LogP contribution in [0.3, 0.4) is 0 Å². The van der Waals surface area contributed by atoms with Crippen molar-refractivity contribution in [2.45, 2.75) is 31.9 Å². The Kier molecular flexibility index (Phi) is 7.63. The second-order valence-corrected chi connectivity index (χ2v) is 4.69. The van der Waals surface area contributed by atoms with E-state index in [1.54, 1.807) is 24.3 Å². The molecule has 22 heavy (non-hydrogen) atoms. The molecule has 7 heteroatoms. The standard InChI is InChI=1S/C15H20N2O5/c16-9-5-4-8-13(14(19)20)17(11-18)15(21)22-10-12-6-2-1-3-7-12/h1-3,6-7,11,13H,4-5,8-10,16H2,(H,19,20)/t13-/m0/s1. The van der Waals surface area contributed by atoms with Gasteiger partial charge >= 0.3 is 12.1 Å². The van der Waals surface area contributed by atoms with E-state index in [1.807, 2.05) is 6.07 Å². The summed E-state index contributed by atoms with van der Waals surface area (Å²) in [5.74, 6) is -1.25. The average Bonchev–Trinajstić information content (AvgIpc) is 2.53. The number of nitrogens with zero attached hydrogens (tertiary/aromatic N) is 1. The lowest BCUT2D eigenvalue weighted by Gasteiger charge is -2.22. The van der Waals surface area contributed by atoms with Crippen LogP contribution < -0.4 is 5.73 Å². The third-order valence-electron chi connectivity index (χ3n) is 3.08. The monoisotopic (exact) mass is 308 g/mol. The molecule has 0 bridgehead atoms. The van der Waals surface area contributed by atoms with Crippen LogP contribution in [0, 0.1) is 0 Å². The number of carbonyl (C=O) groups is 3. The van der Waals surface area contributed by atoms with E-state index in [2.05, 4.69) is 0 Å². The van der Waals surface area contributed by atoms with Gasteiger partial charge in [0.25, 0.3) is 0 Å². The number of rotatable bonds is 9. The van der Waals surface area contributed by atoms with E-state index in [-0.39, 0.29) is 19.4 Å². The first kappa shape index (κ1) is 17.6. The van der Waals surface area contributed by atoms with E-state index in [1.165, 1.54) is 0 Å². The number of benzene rings is 1. The molecule has 0 aromatic heterocycles. The molecule has 0 aliphatic carbocycles. The summed E-state index contributed by atoms with van der Waals surface area (Å²) in [6, 6.07) is 7.66. The van der Waals surface area contributed by atoms with E-state index < -0.39 is 18.1 Å². The molecular formula is C15H20N2O5. The first-order valence-electron chi connectivity index (χ1n) is 6.97. The molecule has 1 aromatic rings. The molecule has 0 aliphatic rings. The predicted molar refractivity (Wildman–Crippen MR) is 78.9 cm³/mol. The lowest BCUT2D eigenvalue weighted by atomic mass is 10.1. The maximum absolute atomic E-state index is 11.9. The number of hydrogen-bond donors (Lipinski definition) is 2. The Morgan fingerprint density at radius 1 is 1.27 bits per heavy atom. The van der Waals surface area contributed by atoms with Crippen molar-refractivity contribution >= 4 is 18.5 Å². The zero-order valence-corrected chi connectivity index (χ0v) is 12.2. The van der Waals surface area contributed by atoms with Crippen LogP contribution in [0.25, 0.3) is 0 Å². The van der Waals surface area contributed by atoms with Crippen molar-refractivity contribution in [1.29, 1.82) is 0 Å². The van der Waals surface area contributed by atoms with Crippen molar-refractivity contribution in [2.75, 3.05) is 6.54 Å².